The van der Waals surface area contributed by atoms with Crippen LogP contribution < -0.4 is 9.80 Å². The van der Waals surface area contributed by atoms with E-state index in [0.29, 0.717) is 0 Å². The van der Waals surface area contributed by atoms with Crippen LogP contribution in [0.15, 0.2) is 306 Å². The van der Waals surface area contributed by atoms with Gasteiger partial charge >= 0.3 is 0 Å². The van der Waals surface area contributed by atoms with E-state index in [-0.39, 0.29) is 0 Å². The molecule has 0 saturated carbocycles. The zero-order chi connectivity index (χ0) is 55.7. The predicted octanol–water partition coefficient (Wildman–Crippen LogP) is 22.9. The monoisotopic (exact) mass is 1080 g/mol. The molecule has 0 atom stereocenters. The Hall–Kier alpha value is -11.4. The van der Waals surface area contributed by atoms with Gasteiger partial charge in [-0.05, 0) is 141 Å². The summed E-state index contributed by atoms with van der Waals surface area (Å²) in [5, 5.41) is 13.9. The minimum Gasteiger partial charge on any atom is -0.453 e. The number of furan rings is 2. The van der Waals surface area contributed by atoms with Crippen molar-refractivity contribution >= 4 is 138 Å². The molecule has 4 aromatic heterocycles. The molecule has 18 rings (SSSR count). The summed E-state index contributed by atoms with van der Waals surface area (Å²) in [5.74, 6) is 0. The number of para-hydroxylation sites is 6. The summed E-state index contributed by atoms with van der Waals surface area (Å²) < 4.78 is 16.7. The van der Waals surface area contributed by atoms with Crippen LogP contribution in [0.5, 0.6) is 0 Å². The summed E-state index contributed by atoms with van der Waals surface area (Å²) in [7, 11) is 0. The fraction of sp³-hybridized carbons (Fsp3) is 0. The number of benzene rings is 14. The lowest BCUT2D eigenvalue weighted by atomic mass is 9.97. The second-order valence-electron chi connectivity index (χ2n) is 22.4. The first-order valence-electron chi connectivity index (χ1n) is 29.0. The van der Waals surface area contributed by atoms with E-state index in [4.69, 9.17) is 8.83 Å². The largest absolute Gasteiger partial charge is 0.453 e. The van der Waals surface area contributed by atoms with Crippen molar-refractivity contribution in [2.24, 2.45) is 0 Å². The third-order valence-electron chi connectivity index (χ3n) is 17.6. The smallest absolute Gasteiger partial charge is 0.159 e. The summed E-state index contributed by atoms with van der Waals surface area (Å²) in [5.41, 5.74) is 19.9. The van der Waals surface area contributed by atoms with Crippen LogP contribution in [0.25, 0.3) is 137 Å². The van der Waals surface area contributed by atoms with Gasteiger partial charge < -0.3 is 23.0 Å². The third-order valence-corrected chi connectivity index (χ3v) is 17.6. The Kier molecular flexibility index (Phi) is 10.3. The Morgan fingerprint density at radius 2 is 0.624 bits per heavy atom. The Morgan fingerprint density at radius 1 is 0.235 bits per heavy atom. The highest BCUT2D eigenvalue weighted by atomic mass is 16.3. The molecule has 0 bridgehead atoms. The minimum atomic E-state index is 0.843. The first-order valence-corrected chi connectivity index (χ1v) is 29.0. The van der Waals surface area contributed by atoms with Gasteiger partial charge in [0.05, 0.1) is 27.9 Å². The molecular formula is C80H49N3O2. The van der Waals surface area contributed by atoms with Gasteiger partial charge in [0.1, 0.15) is 11.2 Å². The van der Waals surface area contributed by atoms with Crippen LogP contribution in [0.3, 0.4) is 0 Å². The number of nitrogens with zero attached hydrogens (tertiary/aromatic N) is 3. The van der Waals surface area contributed by atoms with Crippen molar-refractivity contribution in [3.05, 3.63) is 297 Å². The van der Waals surface area contributed by atoms with Crippen molar-refractivity contribution in [1.29, 1.82) is 0 Å². The van der Waals surface area contributed by atoms with Crippen molar-refractivity contribution in [3.63, 3.8) is 0 Å². The van der Waals surface area contributed by atoms with Crippen LogP contribution in [-0.2, 0) is 0 Å². The molecule has 4 heterocycles. The Labute approximate surface area is 488 Å². The van der Waals surface area contributed by atoms with Crippen molar-refractivity contribution < 1.29 is 8.83 Å². The first kappa shape index (κ1) is 47.3. The lowest BCUT2D eigenvalue weighted by Gasteiger charge is -2.26. The SMILES string of the molecule is c1ccc(-c2cc3c4cc5ccc(N(c6ccccc6)c6cccc7c6oc6c(-c8ccccc8)cccc67)cc5cc4n4c5cc6cc(N(c7ccccc7)c7cccc8c7oc7c(-c9ccccc9)cccc78)ccc6cc5c(c2)c34)cc1. The van der Waals surface area contributed by atoms with Gasteiger partial charge in [-0.15, -0.1) is 0 Å². The van der Waals surface area contributed by atoms with E-state index >= 15 is 0 Å². The highest BCUT2D eigenvalue weighted by Crippen LogP contribution is 2.49. The van der Waals surface area contributed by atoms with Gasteiger partial charge in [0, 0.05) is 77.0 Å². The van der Waals surface area contributed by atoms with Crippen molar-refractivity contribution in [1.82, 2.24) is 4.40 Å². The molecule has 85 heavy (non-hydrogen) atoms. The predicted molar refractivity (Wildman–Crippen MR) is 356 cm³/mol. The van der Waals surface area contributed by atoms with Crippen molar-refractivity contribution in [2.45, 2.75) is 0 Å². The normalized spacial score (nSPS) is 12.0. The number of hydrogen-bond acceptors (Lipinski definition) is 4. The van der Waals surface area contributed by atoms with E-state index in [0.717, 1.165) is 122 Å². The standard InChI is InChI=1S/C80H49N3O2/c1-6-20-50(21-7-1)57-46-70-68-44-53-38-40-60(81(58-26-12-4-13-27-58)72-36-18-34-66-64-32-16-30-62(77(64)84-79(66)72)51-22-8-2-9-23-51)42-55(53)48-74(68)83-75-49-56-43-61(41-39-54(56)45-69(75)71(47-57)76(70)83)82(59-28-14-5-15-29-59)73-37-19-35-67-65-33-17-31-63(78(65)85-80(67)73)52-24-10-3-11-25-52/h1-49H. The van der Waals surface area contributed by atoms with Gasteiger partial charge in [0.15, 0.2) is 11.2 Å². The third kappa shape index (κ3) is 7.30. The maximum absolute atomic E-state index is 7.07. The van der Waals surface area contributed by atoms with E-state index in [1.807, 2.05) is 0 Å². The van der Waals surface area contributed by atoms with Crippen molar-refractivity contribution in [3.8, 4) is 33.4 Å². The molecule has 0 aliphatic carbocycles. The highest BCUT2D eigenvalue weighted by Gasteiger charge is 2.26. The van der Waals surface area contributed by atoms with Crippen molar-refractivity contribution in [2.75, 3.05) is 9.80 Å². The average molecular weight is 1080 g/mol. The number of aromatic nitrogens is 1. The fourth-order valence-electron chi connectivity index (χ4n) is 13.7. The molecule has 5 nitrogen and oxygen atoms in total. The minimum absolute atomic E-state index is 0.843. The molecule has 396 valence electrons. The maximum Gasteiger partial charge on any atom is 0.159 e. The van der Waals surface area contributed by atoms with E-state index in [1.165, 1.54) is 49.0 Å². The van der Waals surface area contributed by atoms with Crippen LogP contribution in [0.1, 0.15) is 0 Å². The van der Waals surface area contributed by atoms with Gasteiger partial charge in [-0.3, -0.25) is 0 Å². The molecule has 18 aromatic rings. The second-order valence-corrected chi connectivity index (χ2v) is 22.4. The number of anilines is 6. The number of fused-ring (bicyclic) bond motifs is 14. The quantitative estimate of drug-likeness (QED) is 0.144. The summed E-state index contributed by atoms with van der Waals surface area (Å²) in [6.07, 6.45) is 0. The topological polar surface area (TPSA) is 37.2 Å². The summed E-state index contributed by atoms with van der Waals surface area (Å²) >= 11 is 0. The zero-order valence-corrected chi connectivity index (χ0v) is 45.9. The van der Waals surface area contributed by atoms with Gasteiger partial charge in [-0.25, -0.2) is 0 Å². The molecule has 0 amide bonds. The molecule has 0 unspecified atom stereocenters. The van der Waals surface area contributed by atoms with E-state index in [2.05, 4.69) is 311 Å². The van der Waals surface area contributed by atoms with Gasteiger partial charge in [-0.1, -0.05) is 200 Å². The van der Waals surface area contributed by atoms with Crippen LogP contribution in [-0.4, -0.2) is 4.40 Å². The Bertz CT molecular complexity index is 5330. The summed E-state index contributed by atoms with van der Waals surface area (Å²) in [6.45, 7) is 0. The van der Waals surface area contributed by atoms with Gasteiger partial charge in [-0.2, -0.15) is 0 Å². The second kappa shape index (κ2) is 18.6. The lowest BCUT2D eigenvalue weighted by molar-refractivity contribution is 0.670. The lowest BCUT2D eigenvalue weighted by Crippen LogP contribution is -2.10. The molecule has 5 heteroatoms. The van der Waals surface area contributed by atoms with Crippen LogP contribution in [0.4, 0.5) is 34.1 Å². The Morgan fingerprint density at radius 3 is 1.06 bits per heavy atom. The maximum atomic E-state index is 7.07. The molecule has 0 aliphatic heterocycles. The fourth-order valence-corrected chi connectivity index (χ4v) is 13.7. The van der Waals surface area contributed by atoms with Gasteiger partial charge in [0.2, 0.25) is 0 Å². The molecule has 0 fully saturated rings. The average Bonchev–Trinajstić information content (AvgIpc) is 1.83. The zero-order valence-electron chi connectivity index (χ0n) is 45.9. The molecule has 14 aromatic carbocycles. The van der Waals surface area contributed by atoms with E-state index in [1.54, 1.807) is 0 Å². The summed E-state index contributed by atoms with van der Waals surface area (Å²) in [4.78, 5) is 4.70. The molecular weight excluding hydrogens is 1030 g/mol. The van der Waals surface area contributed by atoms with Crippen LogP contribution >= 0.6 is 0 Å². The highest BCUT2D eigenvalue weighted by molar-refractivity contribution is 6.27. The number of hydrogen-bond donors (Lipinski definition) is 0. The Balaban J connectivity index is 0.841. The summed E-state index contributed by atoms with van der Waals surface area (Å²) in [6, 6.07) is 107. The molecule has 0 radical (unpaired) electrons. The number of rotatable bonds is 9. The van der Waals surface area contributed by atoms with Crippen LogP contribution in [0, 0.1) is 0 Å². The molecule has 0 spiro atoms. The van der Waals surface area contributed by atoms with Crippen LogP contribution in [0.2, 0.25) is 0 Å². The molecule has 0 N–H and O–H groups in total. The van der Waals surface area contributed by atoms with E-state index < -0.39 is 0 Å². The molecule has 0 aliphatic rings. The molecule has 0 saturated heterocycles. The van der Waals surface area contributed by atoms with Gasteiger partial charge in [0.25, 0.3) is 0 Å². The van der Waals surface area contributed by atoms with E-state index in [9.17, 15) is 0 Å². The first-order chi connectivity index (χ1) is 42.1.